The third-order valence-corrected chi connectivity index (χ3v) is 1.50. The molecule has 0 aliphatic heterocycles. The lowest BCUT2D eigenvalue weighted by Crippen LogP contribution is -2.91. The second-order valence-electron chi connectivity index (χ2n) is 2.34. The van der Waals surface area contributed by atoms with Crippen molar-refractivity contribution in [3.05, 3.63) is 29.3 Å². The Labute approximate surface area is 72.6 Å². The van der Waals surface area contributed by atoms with E-state index in [0.29, 0.717) is 5.02 Å². The summed E-state index contributed by atoms with van der Waals surface area (Å²) >= 11 is 5.49. The van der Waals surface area contributed by atoms with Crippen molar-refractivity contribution in [2.75, 3.05) is 0 Å². The lowest BCUT2D eigenvalue weighted by atomic mass is 10.1. The van der Waals surface area contributed by atoms with Crippen molar-refractivity contribution in [3.8, 4) is 0 Å². The maximum atomic E-state index is 11.8. The maximum absolute atomic E-state index is 11.8. The molecule has 1 aromatic rings. The second-order valence-corrected chi connectivity index (χ2v) is 2.78. The Morgan fingerprint density at radius 2 is 1.58 bits per heavy atom. The first kappa shape index (κ1) is 9.41. The molecule has 0 aliphatic rings. The molecule has 0 spiro atoms. The van der Waals surface area contributed by atoms with E-state index in [-0.39, 0.29) is 10.9 Å². The van der Waals surface area contributed by atoms with Gasteiger partial charge < -0.3 is 18.2 Å². The molecule has 0 aliphatic carbocycles. The van der Waals surface area contributed by atoms with Gasteiger partial charge in [0.25, 0.3) is 0 Å². The van der Waals surface area contributed by atoms with Gasteiger partial charge in [-0.3, -0.25) is 0 Å². The largest absolute Gasteiger partial charge is 0.734 e. The molecule has 12 heavy (non-hydrogen) atoms. The summed E-state index contributed by atoms with van der Waals surface area (Å²) in [5, 5.41) is 0.720. The van der Waals surface area contributed by atoms with Crippen LogP contribution in [0.15, 0.2) is 24.3 Å². The van der Waals surface area contributed by atoms with Gasteiger partial charge in [0.05, 0.1) is 5.69 Å². The Morgan fingerprint density at radius 1 is 1.08 bits per heavy atom. The predicted molar refractivity (Wildman–Crippen MR) is 42.1 cm³/mol. The molecule has 0 heterocycles. The lowest BCUT2D eigenvalue weighted by molar-refractivity contribution is -0.470. The summed E-state index contributed by atoms with van der Waals surface area (Å²) in [6.45, 7) is 0. The van der Waals surface area contributed by atoms with Gasteiger partial charge in [0.1, 0.15) is 0 Å². The highest BCUT2D eigenvalue weighted by Crippen LogP contribution is 2.10. The Kier molecular flexibility index (Phi) is 2.64. The molecule has 66 valence electrons. The first-order valence-electron chi connectivity index (χ1n) is 3.29. The van der Waals surface area contributed by atoms with Crippen molar-refractivity contribution < 1.29 is 18.2 Å². The zero-order chi connectivity index (χ0) is 9.19. The van der Waals surface area contributed by atoms with E-state index in [2.05, 4.69) is 0 Å². The maximum Gasteiger partial charge on any atom is 0.734 e. The van der Waals surface area contributed by atoms with Crippen LogP contribution < -0.4 is 5.23 Å². The van der Waals surface area contributed by atoms with Gasteiger partial charge in [-0.15, -0.1) is 0 Å². The van der Waals surface area contributed by atoms with Gasteiger partial charge in [0.15, 0.2) is 0 Å². The predicted octanol–water partition coefficient (Wildman–Crippen LogP) is 1.88. The minimum Gasteiger partial charge on any atom is -0.410 e. The van der Waals surface area contributed by atoms with Crippen LogP contribution in [0.3, 0.4) is 0 Å². The van der Waals surface area contributed by atoms with E-state index in [9.17, 15) is 12.9 Å². The average Bonchev–Trinajstić information content (AvgIpc) is 1.91. The molecule has 2 N–H and O–H groups in total. The van der Waals surface area contributed by atoms with Gasteiger partial charge in [-0.05, 0) is 24.3 Å². The van der Waals surface area contributed by atoms with Gasteiger partial charge in [0, 0.05) is 5.02 Å². The van der Waals surface area contributed by atoms with Crippen LogP contribution in [0.25, 0.3) is 0 Å². The molecule has 0 bridgehead atoms. The van der Waals surface area contributed by atoms with Crippen molar-refractivity contribution in [2.24, 2.45) is 0 Å². The molecule has 0 amide bonds. The normalized spacial score (nSPS) is 11.7. The highest BCUT2D eigenvalue weighted by Gasteiger charge is 2.33. The monoisotopic (exact) mass is 195 g/mol. The third kappa shape index (κ3) is 3.15. The number of halogens is 4. The summed E-state index contributed by atoms with van der Waals surface area (Å²) in [5.74, 6) is 0. The quantitative estimate of drug-likeness (QED) is 0.548. The second kappa shape index (κ2) is 3.37. The smallest absolute Gasteiger partial charge is 0.410 e. The number of quaternary nitrogens is 1. The summed E-state index contributed by atoms with van der Waals surface area (Å²) < 4.78 is 35.4. The van der Waals surface area contributed by atoms with Crippen molar-refractivity contribution in [2.45, 2.75) is 0 Å². The van der Waals surface area contributed by atoms with Gasteiger partial charge >= 0.3 is 7.11 Å². The molecule has 0 unspecified atom stereocenters. The SMILES string of the molecule is F[B-](F)(F)[NH2+]c1ccc(Cl)cc1. The molecule has 0 fully saturated rings. The van der Waals surface area contributed by atoms with E-state index in [1.54, 1.807) is 0 Å². The number of hydrogen-bond donors (Lipinski definition) is 1. The molecular formula is C6H6BClF3N. The zero-order valence-electron chi connectivity index (χ0n) is 5.98. The summed E-state index contributed by atoms with van der Waals surface area (Å²) in [7, 11) is -4.86. The summed E-state index contributed by atoms with van der Waals surface area (Å²) in [5.41, 5.74) is 0.131. The van der Waals surface area contributed by atoms with Crippen LogP contribution >= 0.6 is 11.6 Å². The highest BCUT2D eigenvalue weighted by atomic mass is 35.5. The van der Waals surface area contributed by atoms with Crippen LogP contribution in [0.4, 0.5) is 18.6 Å². The molecule has 0 saturated carbocycles. The average molecular weight is 195 g/mol. The van der Waals surface area contributed by atoms with E-state index in [1.165, 1.54) is 24.3 Å². The van der Waals surface area contributed by atoms with Gasteiger partial charge in [-0.1, -0.05) is 11.6 Å². The molecule has 0 aromatic heterocycles. The Hall–Kier alpha value is -0.675. The topological polar surface area (TPSA) is 16.6 Å². The van der Waals surface area contributed by atoms with E-state index in [4.69, 9.17) is 11.6 Å². The molecule has 1 rings (SSSR count). The Bertz CT molecular complexity index is 258. The fourth-order valence-electron chi connectivity index (χ4n) is 0.792. The van der Waals surface area contributed by atoms with Gasteiger partial charge in [-0.25, -0.2) is 0 Å². The number of nitrogens with two attached hydrogens (primary N) is 1. The van der Waals surface area contributed by atoms with Crippen LogP contribution in [0.1, 0.15) is 0 Å². The molecular weight excluding hydrogens is 189 g/mol. The van der Waals surface area contributed by atoms with Crippen LogP contribution in [0, 0.1) is 0 Å². The first-order valence-corrected chi connectivity index (χ1v) is 3.66. The first-order chi connectivity index (χ1) is 5.47. The summed E-state index contributed by atoms with van der Waals surface area (Å²) in [6, 6.07) is 5.51. The van der Waals surface area contributed by atoms with Gasteiger partial charge in [0.2, 0.25) is 0 Å². The van der Waals surface area contributed by atoms with Crippen LogP contribution in [0.5, 0.6) is 0 Å². The van der Waals surface area contributed by atoms with E-state index in [1.807, 2.05) is 0 Å². The number of hydrogen-bond acceptors (Lipinski definition) is 0. The molecule has 1 nitrogen and oxygen atoms in total. The summed E-state index contributed by atoms with van der Waals surface area (Å²) in [4.78, 5) is 0. The number of benzene rings is 1. The number of rotatable bonds is 2. The Balaban J connectivity index is 2.71. The fourth-order valence-corrected chi connectivity index (χ4v) is 0.918. The fraction of sp³-hybridized carbons (Fsp3) is 0. The lowest BCUT2D eigenvalue weighted by Gasteiger charge is -2.09. The molecule has 6 heteroatoms. The zero-order valence-corrected chi connectivity index (χ0v) is 6.73. The minimum absolute atomic E-state index is 0.131. The van der Waals surface area contributed by atoms with Crippen molar-refractivity contribution >= 4 is 24.4 Å². The van der Waals surface area contributed by atoms with Crippen LogP contribution in [-0.2, 0) is 0 Å². The highest BCUT2D eigenvalue weighted by molar-refractivity contribution is 6.48. The van der Waals surface area contributed by atoms with Crippen molar-refractivity contribution in [1.29, 1.82) is 0 Å². The van der Waals surface area contributed by atoms with Crippen molar-refractivity contribution in [3.63, 3.8) is 0 Å². The molecule has 0 atom stereocenters. The van der Waals surface area contributed by atoms with Crippen LogP contribution in [0.2, 0.25) is 5.02 Å². The van der Waals surface area contributed by atoms with E-state index < -0.39 is 7.11 Å². The van der Waals surface area contributed by atoms with Gasteiger partial charge in [-0.2, -0.15) is 0 Å². The van der Waals surface area contributed by atoms with E-state index in [0.717, 1.165) is 0 Å². The Morgan fingerprint density at radius 3 is 2.00 bits per heavy atom. The molecule has 0 radical (unpaired) electrons. The third-order valence-electron chi connectivity index (χ3n) is 1.25. The van der Waals surface area contributed by atoms with Crippen LogP contribution in [-0.4, -0.2) is 7.11 Å². The molecule has 0 saturated heterocycles. The van der Waals surface area contributed by atoms with Crippen molar-refractivity contribution in [1.82, 2.24) is 0 Å². The minimum atomic E-state index is -4.86. The van der Waals surface area contributed by atoms with E-state index >= 15 is 0 Å². The summed E-state index contributed by atoms with van der Waals surface area (Å²) in [6.07, 6.45) is 0. The standard InChI is InChI=1S/C6H6BClF3N/c8-5-1-3-6(4-2-5)12-7(9,10)11/h1-4H,12H2. The molecule has 1 aromatic carbocycles.